The van der Waals surface area contributed by atoms with Crippen LogP contribution < -0.4 is 5.32 Å². The Morgan fingerprint density at radius 1 is 1.59 bits per heavy atom. The molecule has 1 aliphatic rings. The Labute approximate surface area is 97.7 Å². The standard InChI is InChI=1S/C11H13FN2O3/c1-17-11(6-13-7-11)5-8-4-9(12)2-3-10(8)14(15)16/h2-4,13H,5-7H2,1H3. The van der Waals surface area contributed by atoms with Gasteiger partial charge in [-0.05, 0) is 12.1 Å². The molecule has 1 aromatic rings. The van der Waals surface area contributed by atoms with E-state index in [2.05, 4.69) is 5.32 Å². The molecule has 1 aliphatic heterocycles. The fraction of sp³-hybridized carbons (Fsp3) is 0.455. The van der Waals surface area contributed by atoms with Gasteiger partial charge in [0.2, 0.25) is 0 Å². The summed E-state index contributed by atoms with van der Waals surface area (Å²) >= 11 is 0. The van der Waals surface area contributed by atoms with E-state index in [0.29, 0.717) is 25.1 Å². The van der Waals surface area contributed by atoms with Crippen LogP contribution >= 0.6 is 0 Å². The van der Waals surface area contributed by atoms with Crippen molar-refractivity contribution < 1.29 is 14.1 Å². The van der Waals surface area contributed by atoms with Crippen LogP contribution in [0.1, 0.15) is 5.56 Å². The Morgan fingerprint density at radius 3 is 2.76 bits per heavy atom. The molecule has 0 saturated carbocycles. The van der Waals surface area contributed by atoms with Crippen molar-refractivity contribution in [1.29, 1.82) is 0 Å². The molecule has 1 heterocycles. The van der Waals surface area contributed by atoms with Crippen LogP contribution in [-0.4, -0.2) is 30.7 Å². The summed E-state index contributed by atoms with van der Waals surface area (Å²) in [5, 5.41) is 13.9. The number of nitrogens with zero attached hydrogens (tertiary/aromatic N) is 1. The summed E-state index contributed by atoms with van der Waals surface area (Å²) in [4.78, 5) is 10.3. The monoisotopic (exact) mass is 240 g/mol. The van der Waals surface area contributed by atoms with Gasteiger partial charge in [-0.25, -0.2) is 4.39 Å². The normalized spacial score (nSPS) is 17.5. The minimum atomic E-state index is -0.496. The zero-order valence-electron chi connectivity index (χ0n) is 9.40. The Hall–Kier alpha value is -1.53. The van der Waals surface area contributed by atoms with E-state index in [4.69, 9.17) is 4.74 Å². The van der Waals surface area contributed by atoms with Gasteiger partial charge in [0, 0.05) is 38.2 Å². The maximum Gasteiger partial charge on any atom is 0.272 e. The molecule has 6 heteroatoms. The fourth-order valence-corrected chi connectivity index (χ4v) is 1.97. The number of nitrogens with one attached hydrogen (secondary N) is 1. The summed E-state index contributed by atoms with van der Waals surface area (Å²) < 4.78 is 18.5. The van der Waals surface area contributed by atoms with E-state index >= 15 is 0 Å². The molecular weight excluding hydrogens is 227 g/mol. The molecule has 1 fully saturated rings. The minimum Gasteiger partial charge on any atom is -0.375 e. The van der Waals surface area contributed by atoms with Crippen LogP contribution in [0.4, 0.5) is 10.1 Å². The van der Waals surface area contributed by atoms with Crippen molar-refractivity contribution in [2.75, 3.05) is 20.2 Å². The van der Waals surface area contributed by atoms with Crippen LogP contribution in [0.3, 0.4) is 0 Å². The van der Waals surface area contributed by atoms with E-state index in [-0.39, 0.29) is 5.69 Å². The molecule has 0 atom stereocenters. The second-order valence-corrected chi connectivity index (χ2v) is 4.20. The van der Waals surface area contributed by atoms with Crippen molar-refractivity contribution in [3.05, 3.63) is 39.7 Å². The summed E-state index contributed by atoms with van der Waals surface area (Å²) in [7, 11) is 1.56. The number of hydrogen-bond donors (Lipinski definition) is 1. The number of nitro benzene ring substituents is 1. The summed E-state index contributed by atoms with van der Waals surface area (Å²) in [6.45, 7) is 1.24. The molecule has 0 unspecified atom stereocenters. The van der Waals surface area contributed by atoms with Gasteiger partial charge in [0.05, 0.1) is 10.5 Å². The Morgan fingerprint density at radius 2 is 2.29 bits per heavy atom. The highest BCUT2D eigenvalue weighted by atomic mass is 19.1. The highest BCUT2D eigenvalue weighted by molar-refractivity contribution is 5.41. The van der Waals surface area contributed by atoms with E-state index in [1.165, 1.54) is 12.1 Å². The van der Waals surface area contributed by atoms with Crippen molar-refractivity contribution in [2.24, 2.45) is 0 Å². The number of benzene rings is 1. The topological polar surface area (TPSA) is 64.4 Å². The third kappa shape index (κ3) is 2.27. The summed E-state index contributed by atoms with van der Waals surface area (Å²) in [6.07, 6.45) is 0.338. The van der Waals surface area contributed by atoms with E-state index < -0.39 is 16.3 Å². The summed E-state index contributed by atoms with van der Waals surface area (Å²) in [6, 6.07) is 3.50. The molecule has 1 N–H and O–H groups in total. The van der Waals surface area contributed by atoms with Gasteiger partial charge in [-0.1, -0.05) is 0 Å². The molecule has 5 nitrogen and oxygen atoms in total. The molecule has 0 aromatic heterocycles. The number of methoxy groups -OCH3 is 1. The molecule has 92 valence electrons. The van der Waals surface area contributed by atoms with Crippen LogP contribution in [0.15, 0.2) is 18.2 Å². The van der Waals surface area contributed by atoms with E-state index in [0.717, 1.165) is 6.07 Å². The number of halogens is 1. The lowest BCUT2D eigenvalue weighted by Crippen LogP contribution is -2.61. The Bertz CT molecular complexity index is 441. The first-order chi connectivity index (χ1) is 8.06. The van der Waals surface area contributed by atoms with Crippen molar-refractivity contribution in [3.63, 3.8) is 0 Å². The lowest BCUT2D eigenvalue weighted by molar-refractivity contribution is -0.385. The molecule has 2 rings (SSSR count). The third-order valence-corrected chi connectivity index (χ3v) is 3.08. The van der Waals surface area contributed by atoms with Gasteiger partial charge in [0.1, 0.15) is 5.82 Å². The lowest BCUT2D eigenvalue weighted by Gasteiger charge is -2.41. The maximum atomic E-state index is 13.1. The number of nitro groups is 1. The summed E-state index contributed by atoms with van der Waals surface area (Å²) in [5.41, 5.74) is -0.133. The largest absolute Gasteiger partial charge is 0.375 e. The zero-order chi connectivity index (χ0) is 12.5. The smallest absolute Gasteiger partial charge is 0.272 e. The van der Waals surface area contributed by atoms with Gasteiger partial charge in [-0.2, -0.15) is 0 Å². The van der Waals surface area contributed by atoms with E-state index in [9.17, 15) is 14.5 Å². The fourth-order valence-electron chi connectivity index (χ4n) is 1.97. The van der Waals surface area contributed by atoms with Crippen molar-refractivity contribution in [1.82, 2.24) is 5.32 Å². The molecule has 0 spiro atoms. The molecule has 1 aromatic carbocycles. The minimum absolute atomic E-state index is 0.0604. The van der Waals surface area contributed by atoms with Crippen molar-refractivity contribution in [2.45, 2.75) is 12.0 Å². The van der Waals surface area contributed by atoms with Crippen LogP contribution in [0.5, 0.6) is 0 Å². The maximum absolute atomic E-state index is 13.1. The number of rotatable bonds is 4. The Kier molecular flexibility index (Phi) is 3.08. The van der Waals surface area contributed by atoms with Crippen LogP contribution in [0, 0.1) is 15.9 Å². The van der Waals surface area contributed by atoms with Crippen molar-refractivity contribution in [3.8, 4) is 0 Å². The van der Waals surface area contributed by atoms with Gasteiger partial charge < -0.3 is 10.1 Å². The average molecular weight is 240 g/mol. The van der Waals surface area contributed by atoms with Gasteiger partial charge >= 0.3 is 0 Å². The van der Waals surface area contributed by atoms with Crippen LogP contribution in [0.25, 0.3) is 0 Å². The highest BCUT2D eigenvalue weighted by Gasteiger charge is 2.38. The molecule has 17 heavy (non-hydrogen) atoms. The first kappa shape index (κ1) is 11.9. The molecular formula is C11H13FN2O3. The predicted octanol–water partition coefficient (Wildman–Crippen LogP) is 1.26. The van der Waals surface area contributed by atoms with Crippen LogP contribution in [0.2, 0.25) is 0 Å². The first-order valence-corrected chi connectivity index (χ1v) is 5.25. The molecule has 0 bridgehead atoms. The number of ether oxygens (including phenoxy) is 1. The van der Waals surface area contributed by atoms with Gasteiger partial charge in [-0.15, -0.1) is 0 Å². The van der Waals surface area contributed by atoms with Gasteiger partial charge in [-0.3, -0.25) is 10.1 Å². The Balaban J connectivity index is 2.30. The first-order valence-electron chi connectivity index (χ1n) is 5.25. The molecule has 0 amide bonds. The molecule has 0 aliphatic carbocycles. The molecule has 0 radical (unpaired) electrons. The quantitative estimate of drug-likeness (QED) is 0.635. The van der Waals surface area contributed by atoms with Gasteiger partial charge in [0.25, 0.3) is 5.69 Å². The molecule has 1 saturated heterocycles. The van der Waals surface area contributed by atoms with E-state index in [1.807, 2.05) is 0 Å². The van der Waals surface area contributed by atoms with Crippen molar-refractivity contribution >= 4 is 5.69 Å². The van der Waals surface area contributed by atoms with Gasteiger partial charge in [0.15, 0.2) is 0 Å². The average Bonchev–Trinajstić information content (AvgIpc) is 2.23. The highest BCUT2D eigenvalue weighted by Crippen LogP contribution is 2.28. The predicted molar refractivity (Wildman–Crippen MR) is 59.4 cm³/mol. The lowest BCUT2D eigenvalue weighted by atomic mass is 9.88. The van der Waals surface area contributed by atoms with Crippen LogP contribution in [-0.2, 0) is 11.2 Å². The summed E-state index contributed by atoms with van der Waals surface area (Å²) in [5.74, 6) is -0.468. The SMILES string of the molecule is COC1(Cc2cc(F)ccc2[N+](=O)[O-])CNC1. The number of hydrogen-bond acceptors (Lipinski definition) is 4. The zero-order valence-corrected chi connectivity index (χ0v) is 9.40. The third-order valence-electron chi connectivity index (χ3n) is 3.08. The second kappa shape index (κ2) is 4.38. The second-order valence-electron chi connectivity index (χ2n) is 4.20. The van der Waals surface area contributed by atoms with E-state index in [1.54, 1.807) is 7.11 Å².